The SMILES string of the molecule is CNCCc1c[nH]c2ccc(-c3[nH]c4c(O)ccc(O)c4c3CCN(C)C)c(O)c12. The summed E-state index contributed by atoms with van der Waals surface area (Å²) in [6.45, 7) is 1.56. The highest BCUT2D eigenvalue weighted by Crippen LogP contribution is 2.44. The third kappa shape index (κ3) is 3.36. The molecule has 2 aromatic carbocycles. The fourth-order valence-corrected chi connectivity index (χ4v) is 4.09. The average Bonchev–Trinajstić information content (AvgIpc) is 3.30. The first-order valence-corrected chi connectivity index (χ1v) is 10.1. The predicted molar refractivity (Wildman–Crippen MR) is 120 cm³/mol. The lowest BCUT2D eigenvalue weighted by atomic mass is 9.98. The summed E-state index contributed by atoms with van der Waals surface area (Å²) in [4.78, 5) is 8.56. The summed E-state index contributed by atoms with van der Waals surface area (Å²) in [5.74, 6) is 0.365. The molecule has 6 N–H and O–H groups in total. The molecule has 4 rings (SSSR count). The molecule has 0 aliphatic carbocycles. The molecule has 0 spiro atoms. The maximum Gasteiger partial charge on any atom is 0.139 e. The van der Waals surface area contributed by atoms with Crippen LogP contribution in [0.2, 0.25) is 0 Å². The molecular weight excluding hydrogens is 380 g/mol. The second kappa shape index (κ2) is 7.93. The number of aromatic hydroxyl groups is 3. The summed E-state index contributed by atoms with van der Waals surface area (Å²) >= 11 is 0. The van der Waals surface area contributed by atoms with Gasteiger partial charge in [0.15, 0.2) is 0 Å². The van der Waals surface area contributed by atoms with E-state index in [1.807, 2.05) is 39.5 Å². The minimum Gasteiger partial charge on any atom is -0.507 e. The summed E-state index contributed by atoms with van der Waals surface area (Å²) < 4.78 is 0. The monoisotopic (exact) mass is 408 g/mol. The van der Waals surface area contributed by atoms with Gasteiger partial charge in [0.2, 0.25) is 0 Å². The lowest BCUT2D eigenvalue weighted by Gasteiger charge is -2.12. The molecule has 0 fully saturated rings. The van der Waals surface area contributed by atoms with Crippen molar-refractivity contribution >= 4 is 21.8 Å². The van der Waals surface area contributed by atoms with Gasteiger partial charge in [-0.25, -0.2) is 0 Å². The van der Waals surface area contributed by atoms with E-state index in [1.54, 1.807) is 0 Å². The second-order valence-corrected chi connectivity index (χ2v) is 7.94. The van der Waals surface area contributed by atoms with Gasteiger partial charge >= 0.3 is 0 Å². The Morgan fingerprint density at radius 1 is 0.967 bits per heavy atom. The lowest BCUT2D eigenvalue weighted by molar-refractivity contribution is 0.414. The molecule has 0 bridgehead atoms. The number of likely N-dealkylation sites (N-methyl/N-ethyl adjacent to an activating group) is 2. The molecule has 7 heteroatoms. The van der Waals surface area contributed by atoms with Gasteiger partial charge in [-0.05, 0) is 75.9 Å². The molecule has 2 heterocycles. The van der Waals surface area contributed by atoms with Crippen LogP contribution in [0.3, 0.4) is 0 Å². The van der Waals surface area contributed by atoms with E-state index in [9.17, 15) is 15.3 Å². The Morgan fingerprint density at radius 3 is 2.47 bits per heavy atom. The maximum atomic E-state index is 11.2. The summed E-state index contributed by atoms with van der Waals surface area (Å²) in [5.41, 5.74) is 4.62. The van der Waals surface area contributed by atoms with Crippen molar-refractivity contribution in [1.29, 1.82) is 0 Å². The lowest BCUT2D eigenvalue weighted by Crippen LogP contribution is -2.15. The number of nitrogens with zero attached hydrogens (tertiary/aromatic N) is 1. The number of fused-ring (bicyclic) bond motifs is 2. The predicted octanol–water partition coefficient (Wildman–Crippen LogP) is 3.30. The van der Waals surface area contributed by atoms with Gasteiger partial charge in [-0.1, -0.05) is 0 Å². The van der Waals surface area contributed by atoms with Gasteiger partial charge in [0.1, 0.15) is 17.2 Å². The molecule has 0 unspecified atom stereocenters. The number of hydrogen-bond donors (Lipinski definition) is 6. The maximum absolute atomic E-state index is 11.2. The summed E-state index contributed by atoms with van der Waals surface area (Å²) in [6.07, 6.45) is 3.37. The van der Waals surface area contributed by atoms with Crippen molar-refractivity contribution in [2.75, 3.05) is 34.2 Å². The highest BCUT2D eigenvalue weighted by atomic mass is 16.3. The van der Waals surface area contributed by atoms with Crippen LogP contribution in [-0.4, -0.2) is 64.4 Å². The quantitative estimate of drug-likeness (QED) is 0.263. The van der Waals surface area contributed by atoms with E-state index >= 15 is 0 Å². The Labute approximate surface area is 175 Å². The minimum atomic E-state index is 0.0667. The van der Waals surface area contributed by atoms with E-state index in [0.29, 0.717) is 28.6 Å². The smallest absolute Gasteiger partial charge is 0.139 e. The Bertz CT molecular complexity index is 1210. The third-order valence-electron chi connectivity index (χ3n) is 5.64. The molecule has 0 aliphatic rings. The standard InChI is InChI=1S/C23H28N4O3/c1-24-10-8-13-12-25-16-5-4-15(23(30)19(13)16)21-14(9-11-27(2)3)20-17(28)6-7-18(29)22(20)26-21/h4-7,12,24-26,28-30H,8-11H2,1-3H3. The molecule has 0 atom stereocenters. The first-order chi connectivity index (χ1) is 14.4. The van der Waals surface area contributed by atoms with Crippen molar-refractivity contribution in [3.63, 3.8) is 0 Å². The highest BCUT2D eigenvalue weighted by Gasteiger charge is 2.22. The van der Waals surface area contributed by atoms with E-state index in [2.05, 4.69) is 20.2 Å². The number of aromatic nitrogens is 2. The van der Waals surface area contributed by atoms with Crippen LogP contribution in [0.15, 0.2) is 30.5 Å². The van der Waals surface area contributed by atoms with Crippen LogP contribution in [0.1, 0.15) is 11.1 Å². The van der Waals surface area contributed by atoms with Crippen LogP contribution in [0.25, 0.3) is 33.1 Å². The largest absolute Gasteiger partial charge is 0.507 e. The van der Waals surface area contributed by atoms with Crippen molar-refractivity contribution < 1.29 is 15.3 Å². The minimum absolute atomic E-state index is 0.0667. The summed E-state index contributed by atoms with van der Waals surface area (Å²) in [7, 11) is 5.88. The molecule has 30 heavy (non-hydrogen) atoms. The molecular formula is C23H28N4O3. The number of benzene rings is 2. The zero-order chi connectivity index (χ0) is 21.4. The molecule has 0 aliphatic heterocycles. The van der Waals surface area contributed by atoms with E-state index < -0.39 is 0 Å². The van der Waals surface area contributed by atoms with Gasteiger partial charge in [0.25, 0.3) is 0 Å². The molecule has 0 saturated heterocycles. The highest BCUT2D eigenvalue weighted by molar-refractivity contribution is 6.02. The van der Waals surface area contributed by atoms with Crippen molar-refractivity contribution in [2.24, 2.45) is 0 Å². The van der Waals surface area contributed by atoms with Crippen LogP contribution in [0, 0.1) is 0 Å². The van der Waals surface area contributed by atoms with Crippen molar-refractivity contribution in [3.8, 4) is 28.5 Å². The summed E-state index contributed by atoms with van der Waals surface area (Å²) in [5, 5.41) is 36.7. The number of hydrogen-bond acceptors (Lipinski definition) is 5. The zero-order valence-corrected chi connectivity index (χ0v) is 17.5. The van der Waals surface area contributed by atoms with E-state index in [4.69, 9.17) is 0 Å². The molecule has 4 aromatic rings. The Balaban J connectivity index is 1.95. The van der Waals surface area contributed by atoms with Crippen molar-refractivity contribution in [1.82, 2.24) is 20.2 Å². The Kier molecular flexibility index (Phi) is 5.32. The van der Waals surface area contributed by atoms with Gasteiger partial charge in [-0.15, -0.1) is 0 Å². The van der Waals surface area contributed by atoms with Crippen LogP contribution in [-0.2, 0) is 12.8 Å². The van der Waals surface area contributed by atoms with E-state index in [1.165, 1.54) is 12.1 Å². The fraction of sp³-hybridized carbons (Fsp3) is 0.304. The van der Waals surface area contributed by atoms with Crippen LogP contribution >= 0.6 is 0 Å². The van der Waals surface area contributed by atoms with E-state index in [0.717, 1.165) is 41.5 Å². The molecule has 158 valence electrons. The first kappa shape index (κ1) is 20.1. The summed E-state index contributed by atoms with van der Waals surface area (Å²) in [6, 6.07) is 6.79. The molecule has 7 nitrogen and oxygen atoms in total. The Morgan fingerprint density at radius 2 is 1.73 bits per heavy atom. The van der Waals surface area contributed by atoms with Gasteiger partial charge in [-0.3, -0.25) is 0 Å². The van der Waals surface area contributed by atoms with Crippen LogP contribution in [0.4, 0.5) is 0 Å². The zero-order valence-electron chi connectivity index (χ0n) is 17.5. The average molecular weight is 409 g/mol. The normalized spacial score (nSPS) is 11.9. The third-order valence-corrected chi connectivity index (χ3v) is 5.64. The molecule has 0 radical (unpaired) electrons. The first-order valence-electron chi connectivity index (χ1n) is 10.1. The van der Waals surface area contributed by atoms with E-state index in [-0.39, 0.29) is 17.2 Å². The number of phenolic OH excluding ortho intramolecular Hbond substituents is 3. The number of phenols is 3. The van der Waals surface area contributed by atoms with Gasteiger partial charge in [-0.2, -0.15) is 0 Å². The second-order valence-electron chi connectivity index (χ2n) is 7.94. The molecule has 0 amide bonds. The fourth-order valence-electron chi connectivity index (χ4n) is 4.09. The van der Waals surface area contributed by atoms with Gasteiger partial charge in [0, 0.05) is 34.6 Å². The topological polar surface area (TPSA) is 108 Å². The molecule has 0 saturated carbocycles. The number of aromatic amines is 2. The van der Waals surface area contributed by atoms with Crippen LogP contribution in [0.5, 0.6) is 17.2 Å². The van der Waals surface area contributed by atoms with Crippen molar-refractivity contribution in [3.05, 3.63) is 41.6 Å². The molecule has 2 aromatic heterocycles. The van der Waals surface area contributed by atoms with Crippen molar-refractivity contribution in [2.45, 2.75) is 12.8 Å². The van der Waals surface area contributed by atoms with Crippen LogP contribution < -0.4 is 5.32 Å². The number of nitrogens with one attached hydrogen (secondary N) is 3. The van der Waals surface area contributed by atoms with Gasteiger partial charge < -0.3 is 35.5 Å². The Hall–Kier alpha value is -3.16. The van der Waals surface area contributed by atoms with Gasteiger partial charge in [0.05, 0.1) is 11.2 Å². The number of rotatable bonds is 7. The number of H-pyrrole nitrogens is 2.